The van der Waals surface area contributed by atoms with Crippen molar-refractivity contribution < 1.29 is 12.8 Å². The monoisotopic (exact) mass is 321 g/mol. The maximum absolute atomic E-state index is 11.8. The van der Waals surface area contributed by atoms with Gasteiger partial charge in [-0.15, -0.1) is 11.3 Å². The van der Waals surface area contributed by atoms with Gasteiger partial charge in [0.05, 0.1) is 16.6 Å². The van der Waals surface area contributed by atoms with Gasteiger partial charge in [0.25, 0.3) is 0 Å². The van der Waals surface area contributed by atoms with E-state index in [9.17, 15) is 8.42 Å². The molecule has 0 bridgehead atoms. The van der Waals surface area contributed by atoms with E-state index in [4.69, 9.17) is 4.42 Å². The summed E-state index contributed by atoms with van der Waals surface area (Å²) >= 11 is 4.39. The van der Waals surface area contributed by atoms with E-state index in [0.29, 0.717) is 5.76 Å². The van der Waals surface area contributed by atoms with Crippen molar-refractivity contribution in [3.05, 3.63) is 40.1 Å². The van der Waals surface area contributed by atoms with Crippen molar-refractivity contribution in [3.63, 3.8) is 0 Å². The molecule has 0 aliphatic heterocycles. The van der Waals surface area contributed by atoms with E-state index in [0.717, 1.165) is 3.79 Å². The summed E-state index contributed by atoms with van der Waals surface area (Å²) in [7, 11) is -3.44. The molecule has 1 N–H and O–H groups in total. The van der Waals surface area contributed by atoms with Crippen molar-refractivity contribution in [3.8, 4) is 0 Å². The summed E-state index contributed by atoms with van der Waals surface area (Å²) in [5.74, 6) is 0.583. The second kappa shape index (κ2) is 4.70. The molecule has 0 aliphatic carbocycles. The lowest BCUT2D eigenvalue weighted by atomic mass is 10.5. The third kappa shape index (κ3) is 2.73. The molecule has 0 saturated carbocycles. The van der Waals surface area contributed by atoms with E-state index in [1.165, 1.54) is 17.6 Å². The second-order valence-corrected chi connectivity index (χ2v) is 7.42. The van der Waals surface area contributed by atoms with Crippen LogP contribution in [0.2, 0.25) is 0 Å². The van der Waals surface area contributed by atoms with Crippen LogP contribution in [0.3, 0.4) is 0 Å². The number of sulfonamides is 1. The SMILES string of the molecule is O=S(=O)(NCc1ccco1)c1ccc(Br)s1. The van der Waals surface area contributed by atoms with Crippen molar-refractivity contribution in [1.82, 2.24) is 4.72 Å². The van der Waals surface area contributed by atoms with Gasteiger partial charge in [-0.1, -0.05) is 0 Å². The zero-order chi connectivity index (χ0) is 11.6. The second-order valence-electron chi connectivity index (χ2n) is 2.96. The topological polar surface area (TPSA) is 59.3 Å². The molecule has 2 aromatic heterocycles. The van der Waals surface area contributed by atoms with Crippen LogP contribution in [-0.4, -0.2) is 8.42 Å². The smallest absolute Gasteiger partial charge is 0.250 e. The molecule has 0 unspecified atom stereocenters. The molecule has 0 fully saturated rings. The van der Waals surface area contributed by atoms with Crippen LogP contribution in [0.15, 0.2) is 42.9 Å². The number of halogens is 1. The predicted octanol–water partition coefficient (Wildman–Crippen LogP) is 2.58. The van der Waals surface area contributed by atoms with Crippen LogP contribution < -0.4 is 4.72 Å². The Morgan fingerprint density at radius 1 is 1.38 bits per heavy atom. The van der Waals surface area contributed by atoms with E-state index in [-0.39, 0.29) is 10.8 Å². The third-order valence-corrected chi connectivity index (χ3v) is 5.35. The van der Waals surface area contributed by atoms with Crippen LogP contribution in [0.1, 0.15) is 5.76 Å². The van der Waals surface area contributed by atoms with Crippen molar-refractivity contribution >= 4 is 37.3 Å². The molecule has 16 heavy (non-hydrogen) atoms. The van der Waals surface area contributed by atoms with Gasteiger partial charge in [0, 0.05) is 0 Å². The summed E-state index contributed by atoms with van der Waals surface area (Å²) in [6.45, 7) is 0.158. The Hall–Kier alpha value is -0.630. The lowest BCUT2D eigenvalue weighted by Gasteiger charge is -2.01. The van der Waals surface area contributed by atoms with E-state index in [2.05, 4.69) is 20.7 Å². The van der Waals surface area contributed by atoms with E-state index < -0.39 is 10.0 Å². The summed E-state index contributed by atoms with van der Waals surface area (Å²) in [5, 5.41) is 0. The van der Waals surface area contributed by atoms with Gasteiger partial charge in [-0.25, -0.2) is 13.1 Å². The van der Waals surface area contributed by atoms with E-state index in [1.807, 2.05) is 0 Å². The van der Waals surface area contributed by atoms with Crippen LogP contribution in [0.4, 0.5) is 0 Å². The molecule has 0 atom stereocenters. The summed E-state index contributed by atoms with van der Waals surface area (Å²) in [5.41, 5.74) is 0. The highest BCUT2D eigenvalue weighted by Gasteiger charge is 2.16. The van der Waals surface area contributed by atoms with Crippen LogP contribution in [0, 0.1) is 0 Å². The molecule has 0 radical (unpaired) electrons. The summed E-state index contributed by atoms with van der Waals surface area (Å²) < 4.78 is 32.1. The molecule has 2 heterocycles. The maximum atomic E-state index is 11.8. The van der Waals surface area contributed by atoms with Gasteiger partial charge in [-0.05, 0) is 40.2 Å². The summed E-state index contributed by atoms with van der Waals surface area (Å²) in [4.78, 5) is 0. The molecule has 0 saturated heterocycles. The van der Waals surface area contributed by atoms with Crippen LogP contribution in [-0.2, 0) is 16.6 Å². The van der Waals surface area contributed by atoms with Gasteiger partial charge in [0.1, 0.15) is 9.97 Å². The molecule has 2 aromatic rings. The average molecular weight is 322 g/mol. The minimum Gasteiger partial charge on any atom is -0.468 e. The van der Waals surface area contributed by atoms with Gasteiger partial charge in [0.2, 0.25) is 10.0 Å². The zero-order valence-corrected chi connectivity index (χ0v) is 11.2. The molecule has 0 spiro atoms. The van der Waals surface area contributed by atoms with Crippen LogP contribution in [0.5, 0.6) is 0 Å². The first-order valence-electron chi connectivity index (χ1n) is 4.35. The molecule has 2 rings (SSSR count). The van der Waals surface area contributed by atoms with Crippen LogP contribution >= 0.6 is 27.3 Å². The first kappa shape index (κ1) is 11.8. The Morgan fingerprint density at radius 3 is 2.75 bits per heavy atom. The fourth-order valence-electron chi connectivity index (χ4n) is 1.09. The quantitative estimate of drug-likeness (QED) is 0.941. The van der Waals surface area contributed by atoms with Gasteiger partial charge in [-0.2, -0.15) is 0 Å². The van der Waals surface area contributed by atoms with Crippen LogP contribution in [0.25, 0.3) is 0 Å². The molecular weight excluding hydrogens is 314 g/mol. The van der Waals surface area contributed by atoms with Gasteiger partial charge in [0.15, 0.2) is 0 Å². The van der Waals surface area contributed by atoms with Crippen molar-refractivity contribution in [2.45, 2.75) is 10.8 Å². The molecule has 0 aliphatic rings. The first-order valence-corrected chi connectivity index (χ1v) is 7.44. The number of thiophene rings is 1. The average Bonchev–Trinajstić information content (AvgIpc) is 2.85. The summed E-state index contributed by atoms with van der Waals surface area (Å²) in [6, 6.07) is 6.68. The number of furan rings is 1. The maximum Gasteiger partial charge on any atom is 0.250 e. The van der Waals surface area contributed by atoms with Crippen molar-refractivity contribution in [2.24, 2.45) is 0 Å². The van der Waals surface area contributed by atoms with E-state index >= 15 is 0 Å². The van der Waals surface area contributed by atoms with Crippen molar-refractivity contribution in [1.29, 1.82) is 0 Å². The third-order valence-electron chi connectivity index (χ3n) is 1.83. The highest BCUT2D eigenvalue weighted by atomic mass is 79.9. The number of hydrogen-bond acceptors (Lipinski definition) is 4. The van der Waals surface area contributed by atoms with E-state index in [1.54, 1.807) is 24.3 Å². The Balaban J connectivity index is 2.09. The number of nitrogens with one attached hydrogen (secondary N) is 1. The standard InChI is InChI=1S/C9H8BrNO3S2/c10-8-3-4-9(15-8)16(12,13)11-6-7-2-1-5-14-7/h1-5,11H,6H2. The van der Waals surface area contributed by atoms with Crippen molar-refractivity contribution in [2.75, 3.05) is 0 Å². The molecule has 0 amide bonds. The Labute approximate surface area is 105 Å². The molecule has 0 aromatic carbocycles. The molecule has 86 valence electrons. The molecule has 4 nitrogen and oxygen atoms in total. The van der Waals surface area contributed by atoms with Gasteiger partial charge in [-0.3, -0.25) is 0 Å². The lowest BCUT2D eigenvalue weighted by Crippen LogP contribution is -2.22. The lowest BCUT2D eigenvalue weighted by molar-refractivity contribution is 0.499. The highest BCUT2D eigenvalue weighted by Crippen LogP contribution is 2.25. The number of hydrogen-bond donors (Lipinski definition) is 1. The fraction of sp³-hybridized carbons (Fsp3) is 0.111. The fourth-order valence-corrected chi connectivity index (χ4v) is 4.14. The highest BCUT2D eigenvalue weighted by molar-refractivity contribution is 9.11. The molecular formula is C9H8BrNO3S2. The Bertz CT molecular complexity index is 559. The first-order chi connectivity index (χ1) is 7.58. The number of rotatable bonds is 4. The largest absolute Gasteiger partial charge is 0.468 e. The Morgan fingerprint density at radius 2 is 2.19 bits per heavy atom. The van der Waals surface area contributed by atoms with Gasteiger partial charge < -0.3 is 4.42 Å². The predicted molar refractivity (Wildman–Crippen MR) is 64.8 cm³/mol. The Kier molecular flexibility index (Phi) is 3.48. The minimum atomic E-state index is -3.44. The zero-order valence-electron chi connectivity index (χ0n) is 8.01. The summed E-state index contributed by atoms with van der Waals surface area (Å²) in [6.07, 6.45) is 1.51. The molecule has 7 heteroatoms. The minimum absolute atomic E-state index is 0.158. The van der Waals surface area contributed by atoms with Gasteiger partial charge >= 0.3 is 0 Å². The normalized spacial score (nSPS) is 11.8.